The number of rotatable bonds is 4. The Labute approximate surface area is 177 Å². The first-order chi connectivity index (χ1) is 13.5. The Morgan fingerprint density at radius 2 is 1.73 bits per heavy atom. The first-order valence-corrected chi connectivity index (χ1v) is 9.02. The van der Waals surface area contributed by atoms with Gasteiger partial charge in [-0.05, 0) is 31.2 Å². The SMILES string of the molecule is CCOC(=O)c1ccc(Nc2cc(C(F)(F)F)nc3cc(C(C)(C)C)nn23)cc1.Cl. The van der Waals surface area contributed by atoms with Crippen molar-refractivity contribution in [2.24, 2.45) is 0 Å². The minimum absolute atomic E-state index is 0. The van der Waals surface area contributed by atoms with Gasteiger partial charge < -0.3 is 10.1 Å². The molecule has 2 aromatic heterocycles. The third-order valence-corrected chi connectivity index (χ3v) is 4.15. The molecule has 10 heteroatoms. The normalized spacial score (nSPS) is 11.8. The number of esters is 1. The van der Waals surface area contributed by atoms with E-state index in [1.165, 1.54) is 16.6 Å². The van der Waals surface area contributed by atoms with Gasteiger partial charge in [-0.15, -0.1) is 12.4 Å². The molecule has 0 spiro atoms. The maximum atomic E-state index is 13.3. The lowest BCUT2D eigenvalue weighted by atomic mass is 9.93. The summed E-state index contributed by atoms with van der Waals surface area (Å²) in [5.41, 5.74) is 0.176. The van der Waals surface area contributed by atoms with Crippen LogP contribution in [0, 0.1) is 0 Å². The second-order valence-corrected chi connectivity index (χ2v) is 7.50. The van der Waals surface area contributed by atoms with E-state index >= 15 is 0 Å². The van der Waals surface area contributed by atoms with Gasteiger partial charge in [0.05, 0.1) is 17.9 Å². The van der Waals surface area contributed by atoms with E-state index in [-0.39, 0.29) is 35.9 Å². The molecule has 0 saturated carbocycles. The summed E-state index contributed by atoms with van der Waals surface area (Å²) in [6.45, 7) is 7.71. The molecule has 0 unspecified atom stereocenters. The first-order valence-electron chi connectivity index (χ1n) is 9.02. The van der Waals surface area contributed by atoms with E-state index in [2.05, 4.69) is 15.4 Å². The molecule has 0 radical (unpaired) electrons. The zero-order chi connectivity index (χ0) is 21.4. The van der Waals surface area contributed by atoms with Gasteiger partial charge in [-0.2, -0.15) is 22.8 Å². The number of benzene rings is 1. The Balaban J connectivity index is 0.00000320. The number of nitrogens with zero attached hydrogens (tertiary/aromatic N) is 3. The molecule has 30 heavy (non-hydrogen) atoms. The van der Waals surface area contributed by atoms with Crippen LogP contribution in [-0.4, -0.2) is 27.2 Å². The smallest absolute Gasteiger partial charge is 0.433 e. The molecule has 162 valence electrons. The molecule has 0 amide bonds. The van der Waals surface area contributed by atoms with Crippen LogP contribution in [0.1, 0.15) is 49.4 Å². The number of aromatic nitrogens is 3. The van der Waals surface area contributed by atoms with E-state index < -0.39 is 17.8 Å². The van der Waals surface area contributed by atoms with Crippen LogP contribution in [0.5, 0.6) is 0 Å². The van der Waals surface area contributed by atoms with E-state index in [4.69, 9.17) is 4.74 Å². The van der Waals surface area contributed by atoms with E-state index in [0.717, 1.165) is 6.07 Å². The second kappa shape index (κ2) is 8.51. The van der Waals surface area contributed by atoms with Crippen LogP contribution >= 0.6 is 12.4 Å². The summed E-state index contributed by atoms with van der Waals surface area (Å²) in [6.07, 6.45) is -4.60. The molecule has 3 rings (SSSR count). The van der Waals surface area contributed by atoms with E-state index in [1.807, 2.05) is 20.8 Å². The molecule has 0 atom stereocenters. The summed E-state index contributed by atoms with van der Waals surface area (Å²) in [5.74, 6) is -0.353. The zero-order valence-corrected chi connectivity index (χ0v) is 17.7. The number of alkyl halides is 3. The number of nitrogens with one attached hydrogen (secondary N) is 1. The van der Waals surface area contributed by atoms with Gasteiger partial charge in [0.2, 0.25) is 0 Å². The molecular weight excluding hydrogens is 421 g/mol. The standard InChI is InChI=1S/C20H21F3N4O2.ClH/c1-5-29-18(28)12-6-8-13(9-7-12)24-16-11-15(20(21,22)23)25-17-10-14(19(2,3)4)26-27(16)17;/h6-11,24H,5H2,1-4H3;1H. The van der Waals surface area contributed by atoms with Crippen molar-refractivity contribution >= 4 is 35.5 Å². The highest BCUT2D eigenvalue weighted by Crippen LogP contribution is 2.32. The van der Waals surface area contributed by atoms with Crippen molar-refractivity contribution in [2.45, 2.75) is 39.3 Å². The van der Waals surface area contributed by atoms with E-state index in [1.54, 1.807) is 25.1 Å². The first kappa shape index (κ1) is 23.5. The summed E-state index contributed by atoms with van der Waals surface area (Å²) in [7, 11) is 0. The van der Waals surface area contributed by atoms with Crippen LogP contribution in [0.15, 0.2) is 36.4 Å². The minimum Gasteiger partial charge on any atom is -0.462 e. The van der Waals surface area contributed by atoms with Crippen molar-refractivity contribution < 1.29 is 22.7 Å². The van der Waals surface area contributed by atoms with Gasteiger partial charge in [-0.25, -0.2) is 9.78 Å². The highest BCUT2D eigenvalue weighted by atomic mass is 35.5. The van der Waals surface area contributed by atoms with Crippen molar-refractivity contribution in [2.75, 3.05) is 11.9 Å². The lowest BCUT2D eigenvalue weighted by Gasteiger charge is -2.14. The molecule has 0 aliphatic heterocycles. The lowest BCUT2D eigenvalue weighted by molar-refractivity contribution is -0.141. The Hall–Kier alpha value is -2.81. The number of hydrogen-bond acceptors (Lipinski definition) is 5. The number of hydrogen-bond donors (Lipinski definition) is 1. The molecular formula is C20H22ClF3N4O2. The molecule has 0 bridgehead atoms. The zero-order valence-electron chi connectivity index (χ0n) is 16.9. The fourth-order valence-electron chi connectivity index (χ4n) is 2.63. The van der Waals surface area contributed by atoms with Crippen LogP contribution in [0.4, 0.5) is 24.7 Å². The number of fused-ring (bicyclic) bond motifs is 1. The molecule has 0 saturated heterocycles. The Kier molecular flexibility index (Phi) is 6.66. The maximum absolute atomic E-state index is 13.3. The van der Waals surface area contributed by atoms with Gasteiger partial charge >= 0.3 is 12.1 Å². The number of anilines is 2. The molecule has 1 N–H and O–H groups in total. The van der Waals surface area contributed by atoms with E-state index in [9.17, 15) is 18.0 Å². The largest absolute Gasteiger partial charge is 0.462 e. The van der Waals surface area contributed by atoms with Crippen molar-refractivity contribution in [1.29, 1.82) is 0 Å². The Bertz CT molecular complexity index is 1040. The topological polar surface area (TPSA) is 68.5 Å². The lowest BCUT2D eigenvalue weighted by Crippen LogP contribution is -2.13. The summed E-state index contributed by atoms with van der Waals surface area (Å²) >= 11 is 0. The third kappa shape index (κ3) is 5.02. The number of ether oxygens (including phenoxy) is 1. The average Bonchev–Trinajstić information content (AvgIpc) is 3.07. The minimum atomic E-state index is -4.60. The van der Waals surface area contributed by atoms with Gasteiger partial charge in [0, 0.05) is 23.2 Å². The molecule has 2 heterocycles. The van der Waals surface area contributed by atoms with Gasteiger partial charge in [0.1, 0.15) is 5.82 Å². The van der Waals surface area contributed by atoms with Gasteiger partial charge in [-0.1, -0.05) is 20.8 Å². The van der Waals surface area contributed by atoms with Gasteiger partial charge in [0.25, 0.3) is 0 Å². The molecule has 0 aliphatic rings. The monoisotopic (exact) mass is 442 g/mol. The van der Waals surface area contributed by atoms with Crippen molar-refractivity contribution in [1.82, 2.24) is 14.6 Å². The predicted octanol–water partition coefficient (Wildman–Crippen LogP) is 5.39. The highest BCUT2D eigenvalue weighted by molar-refractivity contribution is 5.89. The van der Waals surface area contributed by atoms with Crippen molar-refractivity contribution in [3.05, 3.63) is 53.3 Å². The maximum Gasteiger partial charge on any atom is 0.433 e. The molecule has 0 fully saturated rings. The van der Waals surface area contributed by atoms with Gasteiger partial charge in [-0.3, -0.25) is 0 Å². The summed E-state index contributed by atoms with van der Waals surface area (Å²) in [4.78, 5) is 15.5. The van der Waals surface area contributed by atoms with Crippen LogP contribution in [0.25, 0.3) is 5.65 Å². The van der Waals surface area contributed by atoms with Crippen LogP contribution in [0.2, 0.25) is 0 Å². The molecule has 1 aromatic carbocycles. The van der Waals surface area contributed by atoms with Crippen LogP contribution in [-0.2, 0) is 16.3 Å². The quantitative estimate of drug-likeness (QED) is 0.549. The fraction of sp³-hybridized carbons (Fsp3) is 0.350. The number of carbonyl (C=O) groups is 1. The van der Waals surface area contributed by atoms with Crippen molar-refractivity contribution in [3.63, 3.8) is 0 Å². The average molecular weight is 443 g/mol. The summed E-state index contributed by atoms with van der Waals surface area (Å²) < 4.78 is 46.2. The van der Waals surface area contributed by atoms with Crippen LogP contribution < -0.4 is 5.32 Å². The summed E-state index contributed by atoms with van der Waals surface area (Å²) in [6, 6.07) is 8.69. The second-order valence-electron chi connectivity index (χ2n) is 7.50. The van der Waals surface area contributed by atoms with E-state index in [0.29, 0.717) is 16.9 Å². The molecule has 3 aromatic rings. The highest BCUT2D eigenvalue weighted by Gasteiger charge is 2.34. The number of carbonyl (C=O) groups excluding carboxylic acids is 1. The molecule has 6 nitrogen and oxygen atoms in total. The van der Waals surface area contributed by atoms with Gasteiger partial charge in [0.15, 0.2) is 11.3 Å². The molecule has 0 aliphatic carbocycles. The number of halogens is 4. The fourth-order valence-corrected chi connectivity index (χ4v) is 2.63. The summed E-state index contributed by atoms with van der Waals surface area (Å²) in [5, 5.41) is 7.35. The Morgan fingerprint density at radius 1 is 1.10 bits per heavy atom. The van der Waals surface area contributed by atoms with Crippen LogP contribution in [0.3, 0.4) is 0 Å². The Morgan fingerprint density at radius 3 is 2.27 bits per heavy atom. The van der Waals surface area contributed by atoms with Crippen molar-refractivity contribution in [3.8, 4) is 0 Å². The third-order valence-electron chi connectivity index (χ3n) is 4.15. The predicted molar refractivity (Wildman–Crippen MR) is 110 cm³/mol.